The SMILES string of the molecule is Cc1nc(CSC2C=NC(=O)C(O)=C2)co1. The largest absolute Gasteiger partial charge is 0.503 e. The number of aromatic nitrogens is 1. The average molecular weight is 238 g/mol. The topological polar surface area (TPSA) is 75.7 Å². The normalized spacial score (nSPS) is 19.9. The number of hydrogen-bond acceptors (Lipinski definition) is 5. The molecule has 0 saturated carbocycles. The van der Waals surface area contributed by atoms with Crippen molar-refractivity contribution in [2.75, 3.05) is 0 Å². The van der Waals surface area contributed by atoms with E-state index in [2.05, 4.69) is 9.98 Å². The number of carbonyl (C=O) groups excluding carboxylic acids is 1. The molecule has 0 radical (unpaired) electrons. The van der Waals surface area contributed by atoms with Gasteiger partial charge in [0.1, 0.15) is 6.26 Å². The molecule has 0 spiro atoms. The summed E-state index contributed by atoms with van der Waals surface area (Å²) in [6.45, 7) is 1.78. The number of aliphatic imine (C=N–C) groups is 1. The lowest BCUT2D eigenvalue weighted by Crippen LogP contribution is -2.13. The van der Waals surface area contributed by atoms with Crippen molar-refractivity contribution in [3.8, 4) is 0 Å². The summed E-state index contributed by atoms with van der Waals surface area (Å²) in [7, 11) is 0. The number of oxazole rings is 1. The van der Waals surface area contributed by atoms with Crippen LogP contribution in [0.4, 0.5) is 0 Å². The summed E-state index contributed by atoms with van der Waals surface area (Å²) in [6, 6.07) is 0. The van der Waals surface area contributed by atoms with Crippen LogP contribution in [-0.4, -0.2) is 27.5 Å². The third-order valence-corrected chi connectivity index (χ3v) is 3.08. The van der Waals surface area contributed by atoms with Crippen molar-refractivity contribution in [3.63, 3.8) is 0 Å². The molecule has 6 heteroatoms. The minimum Gasteiger partial charge on any atom is -0.503 e. The first-order chi connectivity index (χ1) is 7.65. The van der Waals surface area contributed by atoms with E-state index in [4.69, 9.17) is 4.42 Å². The fourth-order valence-corrected chi connectivity index (χ4v) is 2.09. The van der Waals surface area contributed by atoms with Crippen molar-refractivity contribution >= 4 is 23.9 Å². The molecule has 0 bridgehead atoms. The highest BCUT2D eigenvalue weighted by Gasteiger charge is 2.16. The first kappa shape index (κ1) is 10.9. The lowest BCUT2D eigenvalue weighted by atomic mass is 10.3. The van der Waals surface area contributed by atoms with Gasteiger partial charge in [0.05, 0.1) is 10.9 Å². The molecule has 5 nitrogen and oxygen atoms in total. The Bertz CT molecular complexity index is 464. The number of nitrogens with zero attached hydrogens (tertiary/aromatic N) is 2. The van der Waals surface area contributed by atoms with Crippen LogP contribution < -0.4 is 0 Å². The Morgan fingerprint density at radius 1 is 1.62 bits per heavy atom. The Labute approximate surface area is 96.3 Å². The molecule has 2 heterocycles. The van der Waals surface area contributed by atoms with Crippen LogP contribution in [0.2, 0.25) is 0 Å². The molecule has 1 amide bonds. The Hall–Kier alpha value is -1.56. The van der Waals surface area contributed by atoms with Crippen molar-refractivity contribution in [1.29, 1.82) is 0 Å². The summed E-state index contributed by atoms with van der Waals surface area (Å²) in [5.41, 5.74) is 0.834. The van der Waals surface area contributed by atoms with Crippen molar-refractivity contribution in [2.24, 2.45) is 4.99 Å². The average Bonchev–Trinajstić information content (AvgIpc) is 2.66. The van der Waals surface area contributed by atoms with E-state index in [9.17, 15) is 9.90 Å². The zero-order chi connectivity index (χ0) is 11.5. The van der Waals surface area contributed by atoms with Gasteiger partial charge in [-0.3, -0.25) is 4.79 Å². The number of rotatable bonds is 3. The zero-order valence-electron chi connectivity index (χ0n) is 8.58. The van der Waals surface area contributed by atoms with Gasteiger partial charge in [-0.1, -0.05) is 0 Å². The molecule has 0 saturated heterocycles. The van der Waals surface area contributed by atoms with Crippen LogP contribution in [0.25, 0.3) is 0 Å². The molecule has 0 aliphatic carbocycles. The molecule has 16 heavy (non-hydrogen) atoms. The lowest BCUT2D eigenvalue weighted by Gasteiger charge is -2.09. The van der Waals surface area contributed by atoms with Crippen molar-refractivity contribution in [1.82, 2.24) is 4.98 Å². The second kappa shape index (κ2) is 4.52. The molecular weight excluding hydrogens is 228 g/mol. The monoisotopic (exact) mass is 238 g/mol. The number of amides is 1. The predicted octanol–water partition coefficient (Wildman–Crippen LogP) is 1.64. The summed E-state index contributed by atoms with van der Waals surface area (Å²) >= 11 is 1.51. The van der Waals surface area contributed by atoms with Gasteiger partial charge < -0.3 is 9.52 Å². The van der Waals surface area contributed by atoms with Crippen LogP contribution in [0, 0.1) is 6.92 Å². The van der Waals surface area contributed by atoms with E-state index < -0.39 is 5.91 Å². The minimum absolute atomic E-state index is 0.102. The first-order valence-electron chi connectivity index (χ1n) is 4.67. The highest BCUT2D eigenvalue weighted by molar-refractivity contribution is 7.99. The van der Waals surface area contributed by atoms with Crippen LogP contribution in [-0.2, 0) is 10.5 Å². The predicted molar refractivity (Wildman–Crippen MR) is 60.5 cm³/mol. The highest BCUT2D eigenvalue weighted by Crippen LogP contribution is 2.20. The van der Waals surface area contributed by atoms with Crippen LogP contribution in [0.15, 0.2) is 27.5 Å². The van der Waals surface area contributed by atoms with Crippen LogP contribution >= 0.6 is 11.8 Å². The smallest absolute Gasteiger partial charge is 0.311 e. The number of dihydropyridines is 1. The van der Waals surface area contributed by atoms with Crippen molar-refractivity contribution in [3.05, 3.63) is 29.7 Å². The van der Waals surface area contributed by atoms with Gasteiger partial charge in [-0.05, 0) is 6.08 Å². The quantitative estimate of drug-likeness (QED) is 0.866. The van der Waals surface area contributed by atoms with Gasteiger partial charge in [0.15, 0.2) is 11.6 Å². The number of aliphatic hydroxyl groups excluding tert-OH is 1. The number of aliphatic hydroxyl groups is 1. The van der Waals surface area contributed by atoms with Gasteiger partial charge in [0.25, 0.3) is 0 Å². The molecule has 1 aromatic rings. The second-order valence-electron chi connectivity index (χ2n) is 3.27. The Morgan fingerprint density at radius 3 is 3.06 bits per heavy atom. The summed E-state index contributed by atoms with van der Waals surface area (Å²) in [6.07, 6.45) is 4.59. The molecule has 1 aliphatic rings. The molecule has 1 N–H and O–H groups in total. The van der Waals surface area contributed by atoms with Gasteiger partial charge in [-0.15, -0.1) is 11.8 Å². The molecular formula is C10H10N2O3S. The lowest BCUT2D eigenvalue weighted by molar-refractivity contribution is -0.116. The first-order valence-corrected chi connectivity index (χ1v) is 5.72. The molecule has 1 atom stereocenters. The summed E-state index contributed by atoms with van der Waals surface area (Å²) < 4.78 is 5.07. The maximum atomic E-state index is 10.9. The van der Waals surface area contributed by atoms with Crippen molar-refractivity contribution in [2.45, 2.75) is 17.9 Å². The summed E-state index contributed by atoms with van der Waals surface area (Å²) in [4.78, 5) is 18.6. The van der Waals surface area contributed by atoms with Gasteiger partial charge in [0, 0.05) is 18.9 Å². The van der Waals surface area contributed by atoms with E-state index in [-0.39, 0.29) is 11.0 Å². The van der Waals surface area contributed by atoms with Crippen molar-refractivity contribution < 1.29 is 14.3 Å². The van der Waals surface area contributed by atoms with Crippen LogP contribution in [0.5, 0.6) is 0 Å². The Morgan fingerprint density at radius 2 is 2.44 bits per heavy atom. The Kier molecular flexibility index (Phi) is 3.09. The van der Waals surface area contributed by atoms with Gasteiger partial charge in [-0.25, -0.2) is 9.98 Å². The van der Waals surface area contributed by atoms with E-state index in [0.29, 0.717) is 11.6 Å². The fraction of sp³-hybridized carbons (Fsp3) is 0.300. The fourth-order valence-electron chi connectivity index (χ4n) is 1.22. The number of aryl methyl sites for hydroxylation is 1. The molecule has 0 aromatic carbocycles. The van der Waals surface area contributed by atoms with Crippen LogP contribution in [0.3, 0.4) is 0 Å². The van der Waals surface area contributed by atoms with E-state index in [1.54, 1.807) is 13.2 Å². The zero-order valence-corrected chi connectivity index (χ0v) is 9.40. The number of thioether (sulfide) groups is 1. The van der Waals surface area contributed by atoms with E-state index >= 15 is 0 Å². The minimum atomic E-state index is -0.589. The summed E-state index contributed by atoms with van der Waals surface area (Å²) in [5, 5.41) is 9.10. The molecule has 2 rings (SSSR count). The standard InChI is InChI=1S/C10H10N2O3S/c1-6-12-7(4-15-6)5-16-8-2-9(13)10(14)11-3-8/h2-4,8,13H,5H2,1H3. The number of carbonyl (C=O) groups is 1. The number of hydrogen-bond donors (Lipinski definition) is 1. The third kappa shape index (κ3) is 2.52. The van der Waals surface area contributed by atoms with E-state index in [1.807, 2.05) is 0 Å². The highest BCUT2D eigenvalue weighted by atomic mass is 32.2. The van der Waals surface area contributed by atoms with E-state index in [1.165, 1.54) is 24.1 Å². The maximum Gasteiger partial charge on any atom is 0.311 e. The maximum absolute atomic E-state index is 10.9. The van der Waals surface area contributed by atoms with Gasteiger partial charge in [0.2, 0.25) is 0 Å². The molecule has 0 fully saturated rings. The summed E-state index contributed by atoms with van der Waals surface area (Å²) in [5.74, 6) is 0.387. The third-order valence-electron chi connectivity index (χ3n) is 1.97. The van der Waals surface area contributed by atoms with E-state index in [0.717, 1.165) is 5.69 Å². The van der Waals surface area contributed by atoms with Crippen LogP contribution in [0.1, 0.15) is 11.6 Å². The van der Waals surface area contributed by atoms with Gasteiger partial charge >= 0.3 is 5.91 Å². The second-order valence-corrected chi connectivity index (χ2v) is 4.44. The molecule has 84 valence electrons. The molecule has 1 unspecified atom stereocenters. The molecule has 1 aliphatic heterocycles. The Balaban J connectivity index is 1.92. The van der Waals surface area contributed by atoms with Gasteiger partial charge in [-0.2, -0.15) is 0 Å². The molecule has 1 aromatic heterocycles.